The van der Waals surface area contributed by atoms with Gasteiger partial charge in [0.05, 0.1) is 11.3 Å². The minimum atomic E-state index is -0.242. The van der Waals surface area contributed by atoms with E-state index in [2.05, 4.69) is 15.6 Å². The van der Waals surface area contributed by atoms with Crippen LogP contribution >= 0.6 is 23.4 Å². The van der Waals surface area contributed by atoms with Crippen LogP contribution in [-0.2, 0) is 4.79 Å². The van der Waals surface area contributed by atoms with Gasteiger partial charge in [0.15, 0.2) is 0 Å². The maximum atomic E-state index is 13.1. The number of aromatic nitrogens is 1. The van der Waals surface area contributed by atoms with Crippen molar-refractivity contribution in [2.45, 2.75) is 32.7 Å². The van der Waals surface area contributed by atoms with Crippen molar-refractivity contribution in [2.24, 2.45) is 0 Å². The lowest BCUT2D eigenvalue weighted by atomic mass is 10.1. The molecule has 0 saturated carbocycles. The Hall–Kier alpha value is -2.83. The van der Waals surface area contributed by atoms with Gasteiger partial charge in [-0.2, -0.15) is 0 Å². The van der Waals surface area contributed by atoms with Crippen LogP contribution in [0.4, 0.5) is 11.4 Å². The summed E-state index contributed by atoms with van der Waals surface area (Å²) in [5, 5.41) is 6.91. The van der Waals surface area contributed by atoms with Gasteiger partial charge in [-0.3, -0.25) is 9.59 Å². The van der Waals surface area contributed by atoms with Crippen LogP contribution in [0.5, 0.6) is 0 Å². The highest BCUT2D eigenvalue weighted by atomic mass is 35.5. The van der Waals surface area contributed by atoms with Crippen molar-refractivity contribution in [3.63, 3.8) is 0 Å². The topological polar surface area (TPSA) is 71.1 Å². The zero-order valence-corrected chi connectivity index (χ0v) is 19.4. The second-order valence-electron chi connectivity index (χ2n) is 7.36. The smallest absolute Gasteiger partial charge is 0.258 e. The molecule has 2 N–H and O–H groups in total. The Balaban J connectivity index is 1.75. The monoisotopic (exact) mass is 453 g/mol. The highest BCUT2D eigenvalue weighted by molar-refractivity contribution is 8.00. The molecule has 0 unspecified atom stereocenters. The van der Waals surface area contributed by atoms with Crippen molar-refractivity contribution in [3.8, 4) is 0 Å². The normalized spacial score (nSPS) is 10.6. The number of rotatable bonds is 6. The molecule has 0 aliphatic rings. The number of thioether (sulfide) groups is 1. The largest absolute Gasteiger partial charge is 0.325 e. The van der Waals surface area contributed by atoms with E-state index in [1.165, 1.54) is 11.8 Å². The van der Waals surface area contributed by atoms with Gasteiger partial charge in [0.1, 0.15) is 5.03 Å². The maximum absolute atomic E-state index is 13.1. The fraction of sp³-hybridized carbons (Fsp3) is 0.208. The van der Waals surface area contributed by atoms with Gasteiger partial charge in [0.25, 0.3) is 5.91 Å². The molecule has 7 heteroatoms. The number of carbonyl (C=O) groups is 2. The quantitative estimate of drug-likeness (QED) is 0.452. The van der Waals surface area contributed by atoms with Crippen LogP contribution in [0.1, 0.15) is 32.7 Å². The number of nitrogens with one attached hydrogen (secondary N) is 2. The van der Waals surface area contributed by atoms with E-state index in [-0.39, 0.29) is 17.6 Å². The van der Waals surface area contributed by atoms with E-state index in [4.69, 9.17) is 11.6 Å². The van der Waals surface area contributed by atoms with E-state index in [0.717, 1.165) is 28.1 Å². The molecule has 2 amide bonds. The van der Waals surface area contributed by atoms with Gasteiger partial charge in [0.2, 0.25) is 5.91 Å². The van der Waals surface area contributed by atoms with Crippen molar-refractivity contribution < 1.29 is 9.59 Å². The molecular weight excluding hydrogens is 430 g/mol. The third-order valence-corrected chi connectivity index (χ3v) is 6.00. The molecule has 1 heterocycles. The van der Waals surface area contributed by atoms with E-state index in [0.29, 0.717) is 21.3 Å². The summed E-state index contributed by atoms with van der Waals surface area (Å²) in [6, 6.07) is 14.6. The Kier molecular flexibility index (Phi) is 7.36. The Labute approximate surface area is 191 Å². The van der Waals surface area contributed by atoms with Crippen LogP contribution in [-0.4, -0.2) is 22.6 Å². The fourth-order valence-corrected chi connectivity index (χ4v) is 4.13. The molecule has 0 aliphatic carbocycles. The lowest BCUT2D eigenvalue weighted by molar-refractivity contribution is -0.113. The molecule has 31 heavy (non-hydrogen) atoms. The minimum Gasteiger partial charge on any atom is -0.325 e. The highest BCUT2D eigenvalue weighted by Gasteiger charge is 2.19. The molecule has 3 rings (SSSR count). The van der Waals surface area contributed by atoms with E-state index >= 15 is 0 Å². The molecule has 0 saturated heterocycles. The molecule has 1 aromatic heterocycles. The standard InChI is InChI=1S/C24H24ClN3O2S/c1-14-5-8-20(12-15(14)2)28-23(30)22-16(3)11-17(4)26-24(22)31-13-21(29)27-19-9-6-18(25)7-10-19/h5-12H,13H2,1-4H3,(H,27,29)(H,28,30). The number of benzene rings is 2. The molecule has 0 aliphatic heterocycles. The molecule has 0 spiro atoms. The average Bonchev–Trinajstić information content (AvgIpc) is 2.70. The molecule has 160 valence electrons. The first-order valence-corrected chi connectivity index (χ1v) is 11.1. The summed E-state index contributed by atoms with van der Waals surface area (Å²) in [6.45, 7) is 7.78. The first-order valence-electron chi connectivity index (χ1n) is 9.78. The number of hydrogen-bond acceptors (Lipinski definition) is 4. The van der Waals surface area contributed by atoms with E-state index in [9.17, 15) is 9.59 Å². The summed E-state index contributed by atoms with van der Waals surface area (Å²) >= 11 is 7.12. The summed E-state index contributed by atoms with van der Waals surface area (Å²) in [6.07, 6.45) is 0. The van der Waals surface area contributed by atoms with Crippen molar-refractivity contribution in [1.82, 2.24) is 4.98 Å². The minimum absolute atomic E-state index is 0.127. The number of halogens is 1. The molecule has 3 aromatic rings. The Morgan fingerprint density at radius 3 is 2.23 bits per heavy atom. The van der Waals surface area contributed by atoms with Gasteiger partial charge in [-0.05, 0) is 86.8 Å². The van der Waals surface area contributed by atoms with Gasteiger partial charge >= 0.3 is 0 Å². The summed E-state index contributed by atoms with van der Waals surface area (Å²) in [7, 11) is 0. The molecule has 0 radical (unpaired) electrons. The van der Waals surface area contributed by atoms with E-state index < -0.39 is 0 Å². The highest BCUT2D eigenvalue weighted by Crippen LogP contribution is 2.26. The van der Waals surface area contributed by atoms with Crippen LogP contribution < -0.4 is 10.6 Å². The summed E-state index contributed by atoms with van der Waals surface area (Å²) in [5.74, 6) is -0.301. The number of hydrogen-bond donors (Lipinski definition) is 2. The number of carbonyl (C=O) groups excluding carboxylic acids is 2. The lowest BCUT2D eigenvalue weighted by Gasteiger charge is -2.14. The van der Waals surface area contributed by atoms with E-state index in [1.807, 2.05) is 52.0 Å². The van der Waals surface area contributed by atoms with E-state index in [1.54, 1.807) is 24.3 Å². The Morgan fingerprint density at radius 1 is 0.871 bits per heavy atom. The second kappa shape index (κ2) is 9.98. The summed E-state index contributed by atoms with van der Waals surface area (Å²) in [5.41, 5.74) is 5.74. The predicted molar refractivity (Wildman–Crippen MR) is 128 cm³/mol. The van der Waals surface area contributed by atoms with Crippen molar-refractivity contribution in [2.75, 3.05) is 16.4 Å². The zero-order valence-electron chi connectivity index (χ0n) is 17.9. The number of aryl methyl sites for hydroxylation is 4. The van der Waals surface area contributed by atoms with Crippen molar-refractivity contribution in [3.05, 3.63) is 81.5 Å². The van der Waals surface area contributed by atoms with Crippen LogP contribution in [0.3, 0.4) is 0 Å². The van der Waals surface area contributed by atoms with Crippen LogP contribution in [0, 0.1) is 27.7 Å². The average molecular weight is 454 g/mol. The van der Waals surface area contributed by atoms with Gasteiger partial charge in [-0.15, -0.1) is 0 Å². The lowest BCUT2D eigenvalue weighted by Crippen LogP contribution is -2.18. The van der Waals surface area contributed by atoms with Gasteiger partial charge in [0, 0.05) is 22.1 Å². The molecule has 0 bridgehead atoms. The third kappa shape index (κ3) is 6.09. The summed E-state index contributed by atoms with van der Waals surface area (Å²) in [4.78, 5) is 30.0. The maximum Gasteiger partial charge on any atom is 0.258 e. The number of amides is 2. The van der Waals surface area contributed by atoms with Crippen LogP contribution in [0.2, 0.25) is 5.02 Å². The molecule has 5 nitrogen and oxygen atoms in total. The predicted octanol–water partition coefficient (Wildman–Crippen LogP) is 5.95. The zero-order chi connectivity index (χ0) is 22.5. The Morgan fingerprint density at radius 2 is 1.55 bits per heavy atom. The molecule has 0 fully saturated rings. The van der Waals surface area contributed by atoms with Crippen molar-refractivity contribution in [1.29, 1.82) is 0 Å². The van der Waals surface area contributed by atoms with Gasteiger partial charge in [-0.1, -0.05) is 29.4 Å². The van der Waals surface area contributed by atoms with Crippen LogP contribution in [0.15, 0.2) is 53.6 Å². The first kappa shape index (κ1) is 22.8. The Bertz CT molecular complexity index is 1130. The van der Waals surface area contributed by atoms with Gasteiger partial charge in [-0.25, -0.2) is 4.98 Å². The van der Waals surface area contributed by atoms with Crippen molar-refractivity contribution >= 4 is 46.6 Å². The molecule has 0 atom stereocenters. The number of anilines is 2. The number of nitrogens with zero attached hydrogens (tertiary/aromatic N) is 1. The summed E-state index contributed by atoms with van der Waals surface area (Å²) < 4.78 is 0. The second-order valence-corrected chi connectivity index (χ2v) is 8.76. The van der Waals surface area contributed by atoms with Gasteiger partial charge < -0.3 is 10.6 Å². The molecular formula is C24H24ClN3O2S. The van der Waals surface area contributed by atoms with Crippen LogP contribution in [0.25, 0.3) is 0 Å². The molecule has 2 aromatic carbocycles. The first-order chi connectivity index (χ1) is 14.7. The SMILES string of the molecule is Cc1cc(C)c(C(=O)Nc2ccc(C)c(C)c2)c(SCC(=O)Nc2ccc(Cl)cc2)n1. The number of pyridine rings is 1. The third-order valence-electron chi connectivity index (χ3n) is 4.77. The fourth-order valence-electron chi connectivity index (χ4n) is 3.06.